The summed E-state index contributed by atoms with van der Waals surface area (Å²) in [6, 6.07) is 9.35. The van der Waals surface area contributed by atoms with E-state index in [1.165, 1.54) is 0 Å². The van der Waals surface area contributed by atoms with E-state index < -0.39 is 0 Å². The Hall–Kier alpha value is -1.74. The van der Waals surface area contributed by atoms with Gasteiger partial charge in [0.15, 0.2) is 0 Å². The Balaban J connectivity index is 2.06. The van der Waals surface area contributed by atoms with Crippen molar-refractivity contribution in [3.8, 4) is 17.2 Å². The van der Waals surface area contributed by atoms with Gasteiger partial charge in [0.25, 0.3) is 0 Å². The van der Waals surface area contributed by atoms with Crippen LogP contribution in [0.5, 0.6) is 17.2 Å². The summed E-state index contributed by atoms with van der Waals surface area (Å²) in [7, 11) is 0. The smallest absolute Gasteiger partial charge is 0.134 e. The van der Waals surface area contributed by atoms with Crippen molar-refractivity contribution in [2.75, 3.05) is 6.61 Å². The van der Waals surface area contributed by atoms with Crippen LogP contribution in [0.4, 0.5) is 0 Å². The molecule has 0 spiro atoms. The molecule has 0 fully saturated rings. The molecule has 2 aromatic rings. The van der Waals surface area contributed by atoms with Gasteiger partial charge in [-0.05, 0) is 36.8 Å². The van der Waals surface area contributed by atoms with E-state index in [0.29, 0.717) is 5.88 Å². The molecule has 1 aromatic carbocycles. The summed E-state index contributed by atoms with van der Waals surface area (Å²) in [6.45, 7) is 2.80. The molecule has 0 saturated heterocycles. The number of hydrogen-bond acceptors (Lipinski definition) is 3. The fourth-order valence-corrected chi connectivity index (χ4v) is 1.77. The normalized spacial score (nSPS) is 10.2. The van der Waals surface area contributed by atoms with Gasteiger partial charge in [0.1, 0.15) is 17.2 Å². The average molecular weight is 278 g/mol. The van der Waals surface area contributed by atoms with Crippen LogP contribution in [0.15, 0.2) is 42.7 Å². The Labute approximate surface area is 118 Å². The van der Waals surface area contributed by atoms with E-state index in [-0.39, 0.29) is 0 Å². The number of benzene rings is 1. The Bertz CT molecular complexity index is 514. The Kier molecular flexibility index (Phi) is 5.04. The first-order chi connectivity index (χ1) is 9.33. The summed E-state index contributed by atoms with van der Waals surface area (Å²) >= 11 is 5.84. The Morgan fingerprint density at radius 1 is 1.11 bits per heavy atom. The highest BCUT2D eigenvalue weighted by Crippen LogP contribution is 2.27. The Morgan fingerprint density at radius 2 is 1.84 bits per heavy atom. The SMILES string of the molecule is CCCOc1ccc(Oc2ccncc2CCl)cc1. The van der Waals surface area contributed by atoms with E-state index in [2.05, 4.69) is 11.9 Å². The van der Waals surface area contributed by atoms with Crippen LogP contribution in [0.25, 0.3) is 0 Å². The summed E-state index contributed by atoms with van der Waals surface area (Å²) in [6.07, 6.45) is 4.39. The predicted molar refractivity (Wildman–Crippen MR) is 76.1 cm³/mol. The lowest BCUT2D eigenvalue weighted by Crippen LogP contribution is -1.95. The lowest BCUT2D eigenvalue weighted by Gasteiger charge is -2.10. The number of aromatic nitrogens is 1. The van der Waals surface area contributed by atoms with Crippen molar-refractivity contribution in [2.45, 2.75) is 19.2 Å². The van der Waals surface area contributed by atoms with Gasteiger partial charge in [-0.3, -0.25) is 4.98 Å². The zero-order valence-electron chi connectivity index (χ0n) is 10.8. The van der Waals surface area contributed by atoms with Crippen molar-refractivity contribution >= 4 is 11.6 Å². The van der Waals surface area contributed by atoms with Gasteiger partial charge in [-0.15, -0.1) is 11.6 Å². The van der Waals surface area contributed by atoms with Crippen molar-refractivity contribution in [3.63, 3.8) is 0 Å². The maximum atomic E-state index is 5.84. The van der Waals surface area contributed by atoms with E-state index in [0.717, 1.165) is 35.8 Å². The molecule has 100 valence electrons. The quantitative estimate of drug-likeness (QED) is 0.733. The third-order valence-electron chi connectivity index (χ3n) is 2.53. The van der Waals surface area contributed by atoms with Crippen LogP contribution in [-0.4, -0.2) is 11.6 Å². The van der Waals surface area contributed by atoms with Gasteiger partial charge < -0.3 is 9.47 Å². The molecule has 4 heteroatoms. The molecule has 3 nitrogen and oxygen atoms in total. The van der Waals surface area contributed by atoms with Crippen molar-refractivity contribution in [2.24, 2.45) is 0 Å². The van der Waals surface area contributed by atoms with E-state index >= 15 is 0 Å². The highest BCUT2D eigenvalue weighted by atomic mass is 35.5. The molecule has 1 heterocycles. The summed E-state index contributed by atoms with van der Waals surface area (Å²) in [5.41, 5.74) is 0.871. The molecular weight excluding hydrogens is 262 g/mol. The average Bonchev–Trinajstić information content (AvgIpc) is 2.47. The second-order valence-electron chi connectivity index (χ2n) is 4.04. The van der Waals surface area contributed by atoms with Crippen LogP contribution < -0.4 is 9.47 Å². The highest BCUT2D eigenvalue weighted by molar-refractivity contribution is 6.17. The molecule has 0 aliphatic carbocycles. The standard InChI is InChI=1S/C15H16ClNO2/c1-2-9-18-13-3-5-14(6-4-13)19-15-7-8-17-11-12(15)10-16/h3-8,11H,2,9-10H2,1H3. The fourth-order valence-electron chi connectivity index (χ4n) is 1.57. The minimum absolute atomic E-state index is 0.376. The summed E-state index contributed by atoms with van der Waals surface area (Å²) in [5.74, 6) is 2.70. The first-order valence-corrected chi connectivity index (χ1v) is 6.76. The lowest BCUT2D eigenvalue weighted by atomic mass is 10.3. The molecular formula is C15H16ClNO2. The minimum Gasteiger partial charge on any atom is -0.494 e. The molecule has 0 atom stereocenters. The van der Waals surface area contributed by atoms with E-state index in [1.54, 1.807) is 18.5 Å². The van der Waals surface area contributed by atoms with Crippen molar-refractivity contribution in [3.05, 3.63) is 48.3 Å². The van der Waals surface area contributed by atoms with Crippen molar-refractivity contribution in [1.29, 1.82) is 0 Å². The zero-order valence-corrected chi connectivity index (χ0v) is 11.6. The Morgan fingerprint density at radius 3 is 2.53 bits per heavy atom. The van der Waals surface area contributed by atoms with E-state index in [1.807, 2.05) is 24.3 Å². The molecule has 0 radical (unpaired) electrons. The monoisotopic (exact) mass is 277 g/mol. The molecule has 0 N–H and O–H groups in total. The van der Waals surface area contributed by atoms with Gasteiger partial charge in [0.05, 0.1) is 12.5 Å². The number of alkyl halides is 1. The van der Waals surface area contributed by atoms with Gasteiger partial charge in [-0.25, -0.2) is 0 Å². The molecule has 0 aliphatic heterocycles. The number of nitrogens with zero attached hydrogens (tertiary/aromatic N) is 1. The van der Waals surface area contributed by atoms with E-state index in [9.17, 15) is 0 Å². The number of ether oxygens (including phenoxy) is 2. The molecule has 0 amide bonds. The zero-order chi connectivity index (χ0) is 13.5. The van der Waals surface area contributed by atoms with Gasteiger partial charge in [0.2, 0.25) is 0 Å². The van der Waals surface area contributed by atoms with Crippen molar-refractivity contribution in [1.82, 2.24) is 4.98 Å². The number of rotatable bonds is 6. The highest BCUT2D eigenvalue weighted by Gasteiger charge is 2.04. The second kappa shape index (κ2) is 7.00. The van der Waals surface area contributed by atoms with Gasteiger partial charge in [0, 0.05) is 18.0 Å². The molecule has 0 bridgehead atoms. The number of hydrogen-bond donors (Lipinski definition) is 0. The third-order valence-corrected chi connectivity index (χ3v) is 2.82. The maximum Gasteiger partial charge on any atom is 0.134 e. The van der Waals surface area contributed by atoms with Crippen LogP contribution in [0.1, 0.15) is 18.9 Å². The molecule has 0 saturated carbocycles. The van der Waals surface area contributed by atoms with Crippen molar-refractivity contribution < 1.29 is 9.47 Å². The largest absolute Gasteiger partial charge is 0.494 e. The van der Waals surface area contributed by atoms with Crippen LogP contribution in [0, 0.1) is 0 Å². The van der Waals surface area contributed by atoms with Gasteiger partial charge in [-0.1, -0.05) is 6.92 Å². The molecule has 2 rings (SSSR count). The first-order valence-electron chi connectivity index (χ1n) is 6.23. The number of pyridine rings is 1. The van der Waals surface area contributed by atoms with Crippen LogP contribution in [0.2, 0.25) is 0 Å². The predicted octanol–water partition coefficient (Wildman–Crippen LogP) is 4.40. The maximum absolute atomic E-state index is 5.84. The van der Waals surface area contributed by atoms with Crippen LogP contribution in [0.3, 0.4) is 0 Å². The second-order valence-corrected chi connectivity index (χ2v) is 4.31. The molecule has 1 aromatic heterocycles. The van der Waals surface area contributed by atoms with Crippen LogP contribution in [-0.2, 0) is 5.88 Å². The summed E-state index contributed by atoms with van der Waals surface area (Å²) in [5, 5.41) is 0. The summed E-state index contributed by atoms with van der Waals surface area (Å²) in [4.78, 5) is 4.02. The van der Waals surface area contributed by atoms with Gasteiger partial charge >= 0.3 is 0 Å². The number of halogens is 1. The summed E-state index contributed by atoms with van der Waals surface area (Å²) < 4.78 is 11.3. The topological polar surface area (TPSA) is 31.4 Å². The third kappa shape index (κ3) is 3.86. The minimum atomic E-state index is 0.376. The lowest BCUT2D eigenvalue weighted by molar-refractivity contribution is 0.317. The van der Waals surface area contributed by atoms with Gasteiger partial charge in [-0.2, -0.15) is 0 Å². The first kappa shape index (κ1) is 13.7. The molecule has 0 unspecified atom stereocenters. The van der Waals surface area contributed by atoms with E-state index in [4.69, 9.17) is 21.1 Å². The molecule has 0 aliphatic rings. The van der Waals surface area contributed by atoms with Crippen LogP contribution >= 0.6 is 11.6 Å². The molecule has 19 heavy (non-hydrogen) atoms. The fraction of sp³-hybridized carbons (Fsp3) is 0.267.